The molecule has 2 N–H and O–H groups in total. The SMILES string of the molecule is Cn1cc(C(=O)Nc2cc(Cl)cc(NS(C)(=O)=O)c2)cc1-c1ccc(F)cn1. The van der Waals surface area contributed by atoms with Crippen LogP contribution in [0, 0.1) is 5.82 Å². The summed E-state index contributed by atoms with van der Waals surface area (Å²) in [5.74, 6) is -0.869. The largest absolute Gasteiger partial charge is 0.348 e. The monoisotopic (exact) mass is 422 g/mol. The number of benzene rings is 1. The Morgan fingerprint density at radius 2 is 1.89 bits per heavy atom. The highest BCUT2D eigenvalue weighted by molar-refractivity contribution is 7.92. The fourth-order valence-electron chi connectivity index (χ4n) is 2.61. The molecule has 0 atom stereocenters. The summed E-state index contributed by atoms with van der Waals surface area (Å²) >= 11 is 6.00. The van der Waals surface area contributed by atoms with E-state index in [1.54, 1.807) is 23.9 Å². The van der Waals surface area contributed by atoms with Crippen molar-refractivity contribution in [2.45, 2.75) is 0 Å². The average Bonchev–Trinajstić information content (AvgIpc) is 2.95. The molecular weight excluding hydrogens is 407 g/mol. The van der Waals surface area contributed by atoms with Gasteiger partial charge in [0.2, 0.25) is 10.0 Å². The first-order valence-corrected chi connectivity index (χ1v) is 10.3. The molecule has 3 rings (SSSR count). The second-order valence-electron chi connectivity index (χ2n) is 6.14. The zero-order valence-electron chi connectivity index (χ0n) is 14.9. The Kier molecular flexibility index (Phi) is 5.39. The van der Waals surface area contributed by atoms with Crippen LogP contribution in [0.15, 0.2) is 48.8 Å². The molecule has 0 spiro atoms. The molecule has 3 aromatic rings. The minimum Gasteiger partial charge on any atom is -0.348 e. The van der Waals surface area contributed by atoms with Crippen molar-refractivity contribution < 1.29 is 17.6 Å². The summed E-state index contributed by atoms with van der Waals surface area (Å²) in [4.78, 5) is 16.6. The highest BCUT2D eigenvalue weighted by Gasteiger charge is 2.14. The molecule has 1 amide bonds. The Hall–Kier alpha value is -2.91. The van der Waals surface area contributed by atoms with E-state index in [2.05, 4.69) is 15.0 Å². The number of hydrogen-bond acceptors (Lipinski definition) is 4. The van der Waals surface area contributed by atoms with Crippen LogP contribution in [0.5, 0.6) is 0 Å². The number of pyridine rings is 1. The number of aromatic nitrogens is 2. The highest BCUT2D eigenvalue weighted by atomic mass is 35.5. The summed E-state index contributed by atoms with van der Waals surface area (Å²) in [7, 11) is -1.74. The average molecular weight is 423 g/mol. The molecule has 28 heavy (non-hydrogen) atoms. The van der Waals surface area contributed by atoms with Gasteiger partial charge < -0.3 is 9.88 Å². The lowest BCUT2D eigenvalue weighted by Gasteiger charge is -2.09. The van der Waals surface area contributed by atoms with Gasteiger partial charge in [0.05, 0.1) is 35.1 Å². The first kappa shape index (κ1) is 19.8. The molecule has 0 fully saturated rings. The third-order valence-electron chi connectivity index (χ3n) is 3.72. The molecule has 2 aromatic heterocycles. The van der Waals surface area contributed by atoms with Crippen LogP contribution >= 0.6 is 11.6 Å². The third-order valence-corrected chi connectivity index (χ3v) is 4.54. The molecule has 1 aromatic carbocycles. The Morgan fingerprint density at radius 3 is 2.54 bits per heavy atom. The molecule has 0 bridgehead atoms. The van der Waals surface area contributed by atoms with Crippen molar-refractivity contribution in [2.75, 3.05) is 16.3 Å². The number of carbonyl (C=O) groups excluding carboxylic acids is 1. The predicted octanol–water partition coefficient (Wildman–Crippen LogP) is 3.50. The molecule has 7 nitrogen and oxygen atoms in total. The van der Waals surface area contributed by atoms with E-state index in [0.717, 1.165) is 12.5 Å². The predicted molar refractivity (Wildman–Crippen MR) is 106 cm³/mol. The van der Waals surface area contributed by atoms with Gasteiger partial charge in [-0.05, 0) is 36.4 Å². The van der Waals surface area contributed by atoms with E-state index in [1.165, 1.54) is 30.3 Å². The van der Waals surface area contributed by atoms with Gasteiger partial charge in [-0.1, -0.05) is 11.6 Å². The molecule has 2 heterocycles. The topological polar surface area (TPSA) is 93.1 Å². The van der Waals surface area contributed by atoms with Crippen molar-refractivity contribution in [3.8, 4) is 11.4 Å². The second-order valence-corrected chi connectivity index (χ2v) is 8.33. The van der Waals surface area contributed by atoms with Crippen LogP contribution in [0.3, 0.4) is 0 Å². The Balaban J connectivity index is 1.84. The zero-order valence-corrected chi connectivity index (χ0v) is 16.5. The van der Waals surface area contributed by atoms with E-state index in [9.17, 15) is 17.6 Å². The summed E-state index contributed by atoms with van der Waals surface area (Å²) in [6, 6.07) is 8.81. The van der Waals surface area contributed by atoms with Gasteiger partial charge in [0, 0.05) is 24.0 Å². The Bertz CT molecular complexity index is 1140. The van der Waals surface area contributed by atoms with E-state index in [4.69, 9.17) is 11.6 Å². The summed E-state index contributed by atoms with van der Waals surface area (Å²) in [6.07, 6.45) is 3.72. The smallest absolute Gasteiger partial charge is 0.257 e. The summed E-state index contributed by atoms with van der Waals surface area (Å²) in [5, 5.41) is 2.93. The van der Waals surface area contributed by atoms with Gasteiger partial charge >= 0.3 is 0 Å². The number of carbonyl (C=O) groups is 1. The molecule has 0 saturated carbocycles. The number of nitrogens with one attached hydrogen (secondary N) is 2. The lowest BCUT2D eigenvalue weighted by molar-refractivity contribution is 0.102. The molecule has 0 unspecified atom stereocenters. The van der Waals surface area contributed by atoms with Crippen LogP contribution in [0.25, 0.3) is 11.4 Å². The Labute approximate surface area is 166 Å². The molecule has 0 radical (unpaired) electrons. The van der Waals surface area contributed by atoms with Crippen molar-refractivity contribution in [3.05, 3.63) is 65.2 Å². The maximum absolute atomic E-state index is 13.1. The van der Waals surface area contributed by atoms with E-state index < -0.39 is 21.7 Å². The van der Waals surface area contributed by atoms with Crippen molar-refractivity contribution in [1.82, 2.24) is 9.55 Å². The van der Waals surface area contributed by atoms with Crippen LogP contribution in [-0.4, -0.2) is 30.1 Å². The summed E-state index contributed by atoms with van der Waals surface area (Å²) in [5.41, 5.74) is 2.06. The van der Waals surface area contributed by atoms with E-state index in [0.29, 0.717) is 22.6 Å². The van der Waals surface area contributed by atoms with Crippen molar-refractivity contribution in [3.63, 3.8) is 0 Å². The van der Waals surface area contributed by atoms with Gasteiger partial charge in [0.25, 0.3) is 5.91 Å². The summed E-state index contributed by atoms with van der Waals surface area (Å²) in [6.45, 7) is 0. The van der Waals surface area contributed by atoms with Crippen LogP contribution < -0.4 is 10.0 Å². The van der Waals surface area contributed by atoms with Gasteiger partial charge in [-0.3, -0.25) is 14.5 Å². The van der Waals surface area contributed by atoms with Gasteiger partial charge in [-0.2, -0.15) is 0 Å². The van der Waals surface area contributed by atoms with E-state index in [1.807, 2.05) is 0 Å². The zero-order chi connectivity index (χ0) is 20.5. The fraction of sp³-hybridized carbons (Fsp3) is 0.111. The number of hydrogen-bond donors (Lipinski definition) is 2. The molecule has 10 heteroatoms. The first-order valence-electron chi connectivity index (χ1n) is 7.99. The van der Waals surface area contributed by atoms with E-state index in [-0.39, 0.29) is 10.7 Å². The lowest BCUT2D eigenvalue weighted by atomic mass is 10.2. The minimum absolute atomic E-state index is 0.231. The second kappa shape index (κ2) is 7.61. The van der Waals surface area contributed by atoms with Crippen LogP contribution in [-0.2, 0) is 17.1 Å². The van der Waals surface area contributed by atoms with Gasteiger partial charge in [-0.25, -0.2) is 12.8 Å². The first-order chi connectivity index (χ1) is 13.1. The number of sulfonamides is 1. The maximum atomic E-state index is 13.1. The number of halogens is 2. The van der Waals surface area contributed by atoms with Crippen LogP contribution in [0.4, 0.5) is 15.8 Å². The van der Waals surface area contributed by atoms with Crippen molar-refractivity contribution >= 4 is 38.9 Å². The van der Waals surface area contributed by atoms with Gasteiger partial charge in [0.1, 0.15) is 5.82 Å². The van der Waals surface area contributed by atoms with E-state index >= 15 is 0 Å². The third kappa shape index (κ3) is 4.87. The van der Waals surface area contributed by atoms with Crippen LogP contribution in [0.1, 0.15) is 10.4 Å². The van der Waals surface area contributed by atoms with Crippen LogP contribution in [0.2, 0.25) is 5.02 Å². The van der Waals surface area contributed by atoms with Crippen molar-refractivity contribution in [2.24, 2.45) is 7.05 Å². The fourth-order valence-corrected chi connectivity index (χ4v) is 3.39. The molecule has 0 aliphatic carbocycles. The van der Waals surface area contributed by atoms with Crippen molar-refractivity contribution in [1.29, 1.82) is 0 Å². The minimum atomic E-state index is -3.49. The van der Waals surface area contributed by atoms with Gasteiger partial charge in [0.15, 0.2) is 0 Å². The molecule has 0 aliphatic heterocycles. The normalized spacial score (nSPS) is 11.3. The van der Waals surface area contributed by atoms with Gasteiger partial charge in [-0.15, -0.1) is 0 Å². The number of amides is 1. The number of aryl methyl sites for hydroxylation is 1. The maximum Gasteiger partial charge on any atom is 0.257 e. The number of anilines is 2. The molecular formula is C18H16ClFN4O3S. The highest BCUT2D eigenvalue weighted by Crippen LogP contribution is 2.25. The lowest BCUT2D eigenvalue weighted by Crippen LogP contribution is -2.13. The standard InChI is InChI=1S/C18H16ClFN4O3S/c1-24-10-11(5-17(24)16-4-3-13(20)9-21-16)18(25)22-14-6-12(19)7-15(8-14)23-28(2,26)27/h3-10,23H,1-2H3,(H,22,25). The molecule has 146 valence electrons. The molecule has 0 aliphatic rings. The summed E-state index contributed by atoms with van der Waals surface area (Å²) < 4.78 is 39.8. The molecule has 0 saturated heterocycles. The number of nitrogens with zero attached hydrogens (tertiary/aromatic N) is 2. The Morgan fingerprint density at radius 1 is 1.18 bits per heavy atom. The quantitative estimate of drug-likeness (QED) is 0.658. The number of rotatable bonds is 5.